The summed E-state index contributed by atoms with van der Waals surface area (Å²) in [4.78, 5) is 117. The Hall–Kier alpha value is -14.3. The Morgan fingerprint density at radius 2 is 0.740 bits per heavy atom. The molecule has 25 nitrogen and oxygen atoms in total. The summed E-state index contributed by atoms with van der Waals surface area (Å²) < 4.78 is 73.9. The van der Waals surface area contributed by atoms with Gasteiger partial charge in [0.2, 0.25) is 17.7 Å². The Morgan fingerprint density at radius 1 is 0.427 bits per heavy atom. The number of methoxy groups -OCH3 is 1. The number of piperidine rings is 4. The molecule has 150 heavy (non-hydrogen) atoms. The fraction of sp³-hybridized carbons (Fsp3) is 0.463. The van der Waals surface area contributed by atoms with Crippen molar-refractivity contribution in [2.75, 3.05) is 72.7 Å². The third-order valence-corrected chi connectivity index (χ3v) is 32.7. The van der Waals surface area contributed by atoms with Gasteiger partial charge >= 0.3 is 0 Å². The van der Waals surface area contributed by atoms with Gasteiger partial charge in [0.15, 0.2) is 23.1 Å². The third-order valence-electron chi connectivity index (χ3n) is 32.7. The van der Waals surface area contributed by atoms with E-state index >= 15 is 0 Å². The summed E-state index contributed by atoms with van der Waals surface area (Å²) in [5, 5.41) is 41.4. The van der Waals surface area contributed by atoms with E-state index in [4.69, 9.17) is 35.2 Å². The lowest BCUT2D eigenvalue weighted by Crippen LogP contribution is -2.47. The highest BCUT2D eigenvalue weighted by molar-refractivity contribution is 6.02. The molecule has 2 saturated carbocycles. The van der Waals surface area contributed by atoms with Gasteiger partial charge in [0.25, 0.3) is 11.8 Å². The van der Waals surface area contributed by atoms with Crippen molar-refractivity contribution in [3.63, 3.8) is 0 Å². The predicted molar refractivity (Wildman–Crippen MR) is 571 cm³/mol. The molecular formula is C121H138F4N16O9. The zero-order valence-corrected chi connectivity index (χ0v) is 89.4. The van der Waals surface area contributed by atoms with E-state index in [0.29, 0.717) is 150 Å². The summed E-state index contributed by atoms with van der Waals surface area (Å²) in [6, 6.07) is 33.7. The Balaban J connectivity index is 0.000000150. The molecule has 6 fully saturated rings. The Bertz CT molecular complexity index is 7130. The van der Waals surface area contributed by atoms with E-state index in [0.717, 1.165) is 147 Å². The van der Waals surface area contributed by atoms with Crippen molar-refractivity contribution >= 4 is 85.0 Å². The summed E-state index contributed by atoms with van der Waals surface area (Å²) in [6.07, 6.45) is 28.2. The number of fused-ring (bicyclic) bond motifs is 4. The number of nitrogens with zero attached hydrogens (tertiary/aromatic N) is 16. The van der Waals surface area contributed by atoms with Crippen LogP contribution in [0.2, 0.25) is 0 Å². The van der Waals surface area contributed by atoms with Crippen LogP contribution in [0.4, 0.5) is 17.6 Å². The van der Waals surface area contributed by atoms with Crippen molar-refractivity contribution in [3.05, 3.63) is 264 Å². The van der Waals surface area contributed by atoms with Crippen LogP contribution in [0.5, 0.6) is 5.75 Å². The minimum absolute atomic E-state index is 0.0142. The number of aromatic nitrogens is 8. The Morgan fingerprint density at radius 3 is 1.05 bits per heavy atom. The minimum atomic E-state index is -3.06. The Labute approximate surface area is 876 Å². The zero-order valence-electron chi connectivity index (χ0n) is 89.4. The number of carbonyl (C=O) groups is 7. The molecule has 2 aliphatic carbocycles. The van der Waals surface area contributed by atoms with E-state index in [-0.39, 0.29) is 72.5 Å². The fourth-order valence-corrected chi connectivity index (χ4v) is 23.2. The number of halogens is 4. The Kier molecular flexibility index (Phi) is 34.3. The second kappa shape index (κ2) is 46.9. The van der Waals surface area contributed by atoms with Crippen LogP contribution in [0.3, 0.4) is 0 Å². The van der Waals surface area contributed by atoms with E-state index in [1.54, 1.807) is 120 Å². The van der Waals surface area contributed by atoms with Gasteiger partial charge in [-0.15, -0.1) is 0 Å². The topological polar surface area (TPSA) is 317 Å². The smallest absolute Gasteiger partial charge is 0.256 e. The minimum Gasteiger partial charge on any atom is -0.490 e. The molecule has 12 heterocycles. The number of hydrogen-bond donors (Lipinski definition) is 0. The number of ketones is 4. The molecule has 12 aromatic rings. The number of carbonyl (C=O) groups excluding carboxylic acids is 7. The largest absolute Gasteiger partial charge is 0.490 e. The van der Waals surface area contributed by atoms with Crippen molar-refractivity contribution in [2.24, 2.45) is 75.5 Å². The first-order valence-electron chi connectivity index (χ1n) is 52.6. The van der Waals surface area contributed by atoms with E-state index < -0.39 is 35.5 Å². The van der Waals surface area contributed by atoms with Gasteiger partial charge in [-0.25, -0.2) is 37.5 Å². The van der Waals surface area contributed by atoms with Gasteiger partial charge in [-0.2, -0.15) is 21.0 Å². The van der Waals surface area contributed by atoms with Gasteiger partial charge in [0.05, 0.1) is 58.9 Å². The van der Waals surface area contributed by atoms with Crippen LogP contribution in [0.25, 0.3) is 44.1 Å². The monoisotopic (exact) mass is 2040 g/mol. The number of pyridine rings is 4. The van der Waals surface area contributed by atoms with Crippen LogP contribution in [-0.4, -0.2) is 183 Å². The number of aryl methyl sites for hydroxylation is 8. The van der Waals surface area contributed by atoms with E-state index in [9.17, 15) is 56.4 Å². The van der Waals surface area contributed by atoms with Crippen molar-refractivity contribution in [3.8, 4) is 30.0 Å². The standard InChI is InChI=1S/C34H42N4O3.2C29H32F2N4O2.C29H32N4O2/c1-22-20-38(24(3)25-8-6-7-9-25)13-12-29(22)30-21-37(4)34-33(30)23(2)28(19-36-34)17-31(39)26-10-11-32(27(16-26)18-35)41-15-14-40-5;2*1-17-15-35(28(37)19(3)29(4,30)31)10-9-23(17)24-16-34(5)27-26(24)18(2)22(14-33-27)12-25(36)21-8-6-7-20(11-21)13-32;1-18-16-33(27(35)12-20-7-8-20)10-9-24(18)25-17-32(3)29-28(25)19(2)23(15-31-29)13-26(34)22-6-4-5-21(11-22)14-30/h10-11,16,19,21-22,25,29H,3,6-9,12-15,17,20H2,1-2,4-5H3;2*6-8,11,14,16-17,19,23H,9-10,12,15H2,1-5H3;4-6,11,15,17-18,20,24H,7-10,12-13,16H2,1-3H3/t22-,29+;17-,19+,23+;17-,19-,23+;18-,24+/m0000/s1. The third kappa shape index (κ3) is 24.2. The maximum atomic E-state index is 13.8. The van der Waals surface area contributed by atoms with Gasteiger partial charge in [-0.05, 0) is 273 Å². The second-order valence-electron chi connectivity index (χ2n) is 43.2. The lowest BCUT2D eigenvalue weighted by atomic mass is 9.80. The molecule has 0 N–H and O–H groups in total. The molecule has 6 aliphatic rings. The molecule has 784 valence electrons. The number of allylic oxidation sites excluding steroid dienone is 1. The number of hydrogen-bond acceptors (Lipinski definition) is 18. The van der Waals surface area contributed by atoms with Crippen LogP contribution >= 0.6 is 0 Å². The molecule has 0 unspecified atom stereocenters. The highest BCUT2D eigenvalue weighted by Gasteiger charge is 2.45. The van der Waals surface area contributed by atoms with Gasteiger partial charge in [0, 0.05) is 233 Å². The summed E-state index contributed by atoms with van der Waals surface area (Å²) in [5.41, 5.74) is 21.1. The highest BCUT2D eigenvalue weighted by atomic mass is 19.3. The van der Waals surface area contributed by atoms with Crippen LogP contribution in [0.1, 0.15) is 280 Å². The number of amides is 3. The number of Topliss-reactive ketones (excluding diaryl/α,β-unsaturated/α-hetero) is 4. The lowest BCUT2D eigenvalue weighted by molar-refractivity contribution is -0.149. The van der Waals surface area contributed by atoms with Gasteiger partial charge in [0.1, 0.15) is 41.0 Å². The molecule has 3 amide bonds. The number of alkyl halides is 4. The number of benzene rings is 4. The molecule has 18 rings (SSSR count). The van der Waals surface area contributed by atoms with Gasteiger partial charge in [-0.3, -0.25) is 33.6 Å². The van der Waals surface area contributed by atoms with Crippen molar-refractivity contribution in [2.45, 2.75) is 215 Å². The molecule has 0 bridgehead atoms. The molecule has 4 aromatic carbocycles. The van der Waals surface area contributed by atoms with E-state index in [2.05, 4.69) is 133 Å². The molecule has 4 aliphatic heterocycles. The molecular weight excluding hydrogens is 1900 g/mol. The number of nitriles is 4. The molecule has 0 spiro atoms. The average molecular weight is 2040 g/mol. The normalized spacial score (nSPS) is 19.4. The fourth-order valence-electron chi connectivity index (χ4n) is 23.2. The van der Waals surface area contributed by atoms with E-state index in [1.807, 2.05) is 56.5 Å². The summed E-state index contributed by atoms with van der Waals surface area (Å²) in [7, 11) is 9.55. The maximum absolute atomic E-state index is 13.8. The lowest BCUT2D eigenvalue weighted by Gasteiger charge is -2.40. The van der Waals surface area contributed by atoms with Crippen LogP contribution in [0.15, 0.2) is 153 Å². The van der Waals surface area contributed by atoms with Crippen molar-refractivity contribution in [1.82, 2.24) is 57.8 Å². The van der Waals surface area contributed by atoms with Crippen LogP contribution in [0, 0.1) is 120 Å². The first kappa shape index (κ1) is 110. The molecule has 0 radical (unpaired) electrons. The van der Waals surface area contributed by atoms with Gasteiger partial charge < -0.3 is 47.3 Å². The summed E-state index contributed by atoms with van der Waals surface area (Å²) in [5.74, 6) is -5.97. The van der Waals surface area contributed by atoms with Crippen molar-refractivity contribution in [1.29, 1.82) is 21.0 Å². The predicted octanol–water partition coefficient (Wildman–Crippen LogP) is 22.1. The summed E-state index contributed by atoms with van der Waals surface area (Å²) >= 11 is 0. The number of rotatable bonds is 28. The van der Waals surface area contributed by atoms with E-state index in [1.165, 1.54) is 74.6 Å². The molecule has 8 aromatic heterocycles. The molecule has 29 heteroatoms. The van der Waals surface area contributed by atoms with Crippen LogP contribution < -0.4 is 4.74 Å². The second-order valence-corrected chi connectivity index (χ2v) is 43.2. The average Bonchev–Trinajstić information content (AvgIpc) is 1.61. The quantitative estimate of drug-likeness (QED) is 0.0250. The molecule has 10 atom stereocenters. The highest BCUT2D eigenvalue weighted by Crippen LogP contribution is 2.47. The maximum Gasteiger partial charge on any atom is 0.256 e. The number of likely N-dealkylation sites (tertiary alicyclic amines) is 4. The zero-order chi connectivity index (χ0) is 108. The first-order valence-corrected chi connectivity index (χ1v) is 52.6. The SMILES string of the molecule is C=C(C1CCCC1)N1CC[C@@H](c2cn(C)c3ncc(CC(=O)c4ccc(OCCOC)c(C#N)c4)c(C)c23)[C@@H](C)C1.Cc1c(CC(=O)c2cccc(C#N)c2)cnc2c1c([C@@H]1CCN(C(=O)CC3CC3)C[C@@H]1C)cn2C.Cc1c(CC(=O)c2cccc(C#N)c2)cnc2c1c([C@@H]1CCN(C(=O)[C@@H](C)C(C)(F)F)C[C@@H]1C)cn2C.Cc1c(CC(=O)c2cccc(C#N)c2)cnc2c1c([C@@H]1CCN(C(=O)[C@H](C)C(C)(F)F)C[C@@H]1C)cn2C. The molecule has 4 saturated heterocycles. The first-order chi connectivity index (χ1) is 71.5. The number of ether oxygens (including phenoxy) is 2. The summed E-state index contributed by atoms with van der Waals surface area (Å²) in [6.45, 7) is 31.7. The van der Waals surface area contributed by atoms with Gasteiger partial charge in [-0.1, -0.05) is 83.5 Å². The van der Waals surface area contributed by atoms with Crippen LogP contribution in [-0.2, 0) is 73.0 Å². The van der Waals surface area contributed by atoms with Crippen molar-refractivity contribution < 1.29 is 60.6 Å².